The Hall–Kier alpha value is -2.90. The van der Waals surface area contributed by atoms with Crippen molar-refractivity contribution in [2.45, 2.75) is 32.2 Å². The van der Waals surface area contributed by atoms with Gasteiger partial charge in [-0.2, -0.15) is 0 Å². The first-order chi connectivity index (χ1) is 15.0. The standard InChI is InChI=1S/C24H33N5O2/c1-28(2)23(31)16-27-24(25-14-19-8-4-3-5-9-19)26-15-20-10-6-7-11-21(20)17-29-13-12-22(30)18-29/h3-11,22,30H,12-18H2,1-2H3,(H2,25,26,27). The summed E-state index contributed by atoms with van der Waals surface area (Å²) >= 11 is 0. The third-order valence-electron chi connectivity index (χ3n) is 5.37. The number of β-amino-alcohol motifs (C(OH)–C–C–N with tert-alkyl or cyclic N) is 1. The van der Waals surface area contributed by atoms with E-state index in [2.05, 4.69) is 32.7 Å². The molecule has 1 heterocycles. The van der Waals surface area contributed by atoms with E-state index in [0.29, 0.717) is 19.0 Å². The van der Waals surface area contributed by atoms with Gasteiger partial charge in [-0.15, -0.1) is 0 Å². The van der Waals surface area contributed by atoms with Gasteiger partial charge in [0.25, 0.3) is 0 Å². The maximum Gasteiger partial charge on any atom is 0.241 e. The van der Waals surface area contributed by atoms with Gasteiger partial charge in [-0.1, -0.05) is 54.6 Å². The summed E-state index contributed by atoms with van der Waals surface area (Å²) in [5.41, 5.74) is 3.52. The molecule has 3 N–H and O–H groups in total. The number of aliphatic hydroxyl groups is 1. The Morgan fingerprint density at radius 3 is 2.48 bits per heavy atom. The minimum Gasteiger partial charge on any atom is -0.392 e. The molecule has 1 saturated heterocycles. The maximum absolute atomic E-state index is 12.0. The highest BCUT2D eigenvalue weighted by molar-refractivity contribution is 5.86. The molecule has 1 atom stereocenters. The van der Waals surface area contributed by atoms with Crippen LogP contribution >= 0.6 is 0 Å². The number of amides is 1. The predicted octanol–water partition coefficient (Wildman–Crippen LogP) is 1.58. The Labute approximate surface area is 184 Å². The van der Waals surface area contributed by atoms with E-state index in [0.717, 1.165) is 31.6 Å². The van der Waals surface area contributed by atoms with Crippen LogP contribution in [-0.2, 0) is 24.4 Å². The minimum absolute atomic E-state index is 0.0118. The first-order valence-corrected chi connectivity index (χ1v) is 10.7. The Kier molecular flexibility index (Phi) is 8.44. The van der Waals surface area contributed by atoms with Gasteiger partial charge >= 0.3 is 0 Å². The van der Waals surface area contributed by atoms with E-state index in [1.54, 1.807) is 19.0 Å². The first-order valence-electron chi connectivity index (χ1n) is 10.7. The highest BCUT2D eigenvalue weighted by Crippen LogP contribution is 2.16. The first kappa shape index (κ1) is 22.8. The van der Waals surface area contributed by atoms with Crippen molar-refractivity contribution in [2.75, 3.05) is 33.7 Å². The summed E-state index contributed by atoms with van der Waals surface area (Å²) in [4.78, 5) is 20.5. The zero-order valence-corrected chi connectivity index (χ0v) is 18.4. The average Bonchev–Trinajstić information content (AvgIpc) is 3.19. The molecule has 0 aromatic heterocycles. The van der Waals surface area contributed by atoms with Crippen molar-refractivity contribution in [3.8, 4) is 0 Å². The van der Waals surface area contributed by atoms with Crippen LogP contribution in [0.15, 0.2) is 59.6 Å². The van der Waals surface area contributed by atoms with Crippen molar-refractivity contribution in [3.05, 3.63) is 71.3 Å². The number of carbonyl (C=O) groups excluding carboxylic acids is 1. The summed E-state index contributed by atoms with van der Waals surface area (Å²) in [6, 6.07) is 18.3. The van der Waals surface area contributed by atoms with Gasteiger partial charge in [0.2, 0.25) is 5.91 Å². The smallest absolute Gasteiger partial charge is 0.241 e. The topological polar surface area (TPSA) is 80.2 Å². The third-order valence-corrected chi connectivity index (χ3v) is 5.37. The number of rotatable bonds is 8. The van der Waals surface area contributed by atoms with E-state index in [4.69, 9.17) is 0 Å². The van der Waals surface area contributed by atoms with Crippen molar-refractivity contribution in [2.24, 2.45) is 4.99 Å². The second-order valence-corrected chi connectivity index (χ2v) is 8.09. The number of likely N-dealkylation sites (N-methyl/N-ethyl adjacent to an activating group) is 1. The van der Waals surface area contributed by atoms with Crippen LogP contribution in [0.4, 0.5) is 0 Å². The molecule has 1 aliphatic rings. The molecule has 0 spiro atoms. The summed E-state index contributed by atoms with van der Waals surface area (Å²) in [5, 5.41) is 16.3. The van der Waals surface area contributed by atoms with Crippen LogP contribution in [0.1, 0.15) is 23.1 Å². The van der Waals surface area contributed by atoms with Gasteiger partial charge in [-0.3, -0.25) is 9.69 Å². The Bertz CT molecular complexity index is 869. The van der Waals surface area contributed by atoms with E-state index in [1.165, 1.54) is 11.1 Å². The van der Waals surface area contributed by atoms with Crippen molar-refractivity contribution in [1.29, 1.82) is 0 Å². The van der Waals surface area contributed by atoms with Gasteiger partial charge in [-0.05, 0) is 23.1 Å². The molecule has 1 fully saturated rings. The molecule has 31 heavy (non-hydrogen) atoms. The van der Waals surface area contributed by atoms with Crippen LogP contribution in [0, 0.1) is 0 Å². The molecule has 0 saturated carbocycles. The van der Waals surface area contributed by atoms with Gasteiger partial charge in [0.1, 0.15) is 0 Å². The number of hydrogen-bond donors (Lipinski definition) is 3. The maximum atomic E-state index is 12.0. The minimum atomic E-state index is -0.222. The van der Waals surface area contributed by atoms with Gasteiger partial charge in [0.15, 0.2) is 5.96 Å². The molecule has 2 aromatic carbocycles. The normalized spacial score (nSPS) is 16.9. The molecule has 0 radical (unpaired) electrons. The Morgan fingerprint density at radius 1 is 1.10 bits per heavy atom. The van der Waals surface area contributed by atoms with E-state index >= 15 is 0 Å². The molecule has 7 nitrogen and oxygen atoms in total. The van der Waals surface area contributed by atoms with Crippen LogP contribution in [0.3, 0.4) is 0 Å². The summed E-state index contributed by atoms with van der Waals surface area (Å²) in [6.07, 6.45) is 0.612. The molecule has 0 bridgehead atoms. The zero-order valence-electron chi connectivity index (χ0n) is 18.4. The van der Waals surface area contributed by atoms with Gasteiger partial charge in [-0.25, -0.2) is 4.99 Å². The third kappa shape index (κ3) is 7.38. The molecule has 3 rings (SSSR count). The zero-order chi connectivity index (χ0) is 22.1. The number of hydrogen-bond acceptors (Lipinski definition) is 4. The second kappa shape index (κ2) is 11.5. The number of nitrogens with zero attached hydrogens (tertiary/aromatic N) is 3. The quantitative estimate of drug-likeness (QED) is 0.444. The van der Waals surface area contributed by atoms with Crippen LogP contribution in [0.5, 0.6) is 0 Å². The molecule has 0 aliphatic carbocycles. The lowest BCUT2D eigenvalue weighted by Crippen LogP contribution is -2.42. The summed E-state index contributed by atoms with van der Waals surface area (Å²) in [5.74, 6) is 0.590. The highest BCUT2D eigenvalue weighted by atomic mass is 16.3. The number of aliphatic imine (C=N–C) groups is 1. The largest absolute Gasteiger partial charge is 0.392 e. The SMILES string of the molecule is CN(C)C(=O)CNC(=NCc1ccccc1)NCc1ccccc1CN1CCC(O)C1. The molecule has 166 valence electrons. The monoisotopic (exact) mass is 423 g/mol. The molecular weight excluding hydrogens is 390 g/mol. The van der Waals surface area contributed by atoms with Crippen LogP contribution in [0.25, 0.3) is 0 Å². The second-order valence-electron chi connectivity index (χ2n) is 8.09. The Balaban J connectivity index is 1.65. The highest BCUT2D eigenvalue weighted by Gasteiger charge is 2.20. The van der Waals surface area contributed by atoms with E-state index in [-0.39, 0.29) is 18.6 Å². The number of benzene rings is 2. The number of guanidine groups is 1. The number of nitrogens with one attached hydrogen (secondary N) is 2. The molecule has 1 aliphatic heterocycles. The lowest BCUT2D eigenvalue weighted by atomic mass is 10.1. The number of aliphatic hydroxyl groups excluding tert-OH is 1. The molecule has 1 amide bonds. The van der Waals surface area contributed by atoms with Crippen molar-refractivity contribution >= 4 is 11.9 Å². The lowest BCUT2D eigenvalue weighted by Gasteiger charge is -2.19. The fraction of sp³-hybridized carbons (Fsp3) is 0.417. The number of carbonyl (C=O) groups is 1. The van der Waals surface area contributed by atoms with Crippen LogP contribution in [0.2, 0.25) is 0 Å². The van der Waals surface area contributed by atoms with Gasteiger partial charge in [0.05, 0.1) is 19.2 Å². The number of likely N-dealkylation sites (tertiary alicyclic amines) is 1. The van der Waals surface area contributed by atoms with E-state index in [9.17, 15) is 9.90 Å². The van der Waals surface area contributed by atoms with Crippen molar-refractivity contribution in [3.63, 3.8) is 0 Å². The van der Waals surface area contributed by atoms with Crippen molar-refractivity contribution < 1.29 is 9.90 Å². The molecular formula is C24H33N5O2. The lowest BCUT2D eigenvalue weighted by molar-refractivity contribution is -0.127. The average molecular weight is 424 g/mol. The van der Waals surface area contributed by atoms with Crippen LogP contribution in [-0.4, -0.2) is 66.6 Å². The molecule has 1 unspecified atom stereocenters. The van der Waals surface area contributed by atoms with Gasteiger partial charge in [0, 0.05) is 40.3 Å². The Morgan fingerprint density at radius 2 is 1.81 bits per heavy atom. The molecule has 2 aromatic rings. The summed E-state index contributed by atoms with van der Waals surface area (Å²) in [6.45, 7) is 3.77. The summed E-state index contributed by atoms with van der Waals surface area (Å²) in [7, 11) is 3.48. The van der Waals surface area contributed by atoms with Crippen molar-refractivity contribution in [1.82, 2.24) is 20.4 Å². The van der Waals surface area contributed by atoms with Gasteiger partial charge < -0.3 is 20.6 Å². The molecule has 7 heteroatoms. The fourth-order valence-electron chi connectivity index (χ4n) is 3.51. The van der Waals surface area contributed by atoms with Crippen LogP contribution < -0.4 is 10.6 Å². The van der Waals surface area contributed by atoms with E-state index in [1.807, 2.05) is 42.5 Å². The summed E-state index contributed by atoms with van der Waals surface area (Å²) < 4.78 is 0. The van der Waals surface area contributed by atoms with E-state index < -0.39 is 0 Å². The predicted molar refractivity (Wildman–Crippen MR) is 123 cm³/mol. The fourth-order valence-corrected chi connectivity index (χ4v) is 3.51.